The van der Waals surface area contributed by atoms with Crippen molar-refractivity contribution in [1.29, 1.82) is 0 Å². The summed E-state index contributed by atoms with van der Waals surface area (Å²) in [7, 11) is 0. The minimum Gasteiger partial charge on any atom is -0.478 e. The predicted molar refractivity (Wildman–Crippen MR) is 76.6 cm³/mol. The molecule has 1 aromatic carbocycles. The maximum atomic E-state index is 10.9. The number of hydrogen-bond acceptors (Lipinski definition) is 2. The van der Waals surface area contributed by atoms with Crippen molar-refractivity contribution in [2.75, 3.05) is 0 Å². The number of aryl methyl sites for hydroxylation is 2. The summed E-state index contributed by atoms with van der Waals surface area (Å²) in [6.45, 7) is 6.52. The van der Waals surface area contributed by atoms with Gasteiger partial charge in [0.25, 0.3) is 0 Å². The summed E-state index contributed by atoms with van der Waals surface area (Å²) in [5, 5.41) is 13.4. The standard InChI is InChI=1S/C14H15BrN2O2/c1-8-6-11(14(18)19)4-5-12(8)7-17-10(3)13(15)9(2)16-17/h4-6H,7H2,1-3H3,(H,18,19). The summed E-state index contributed by atoms with van der Waals surface area (Å²) in [5.74, 6) is -0.900. The van der Waals surface area contributed by atoms with Crippen molar-refractivity contribution < 1.29 is 9.90 Å². The first-order chi connectivity index (χ1) is 8.90. The molecule has 0 spiro atoms. The molecule has 0 bridgehead atoms. The van der Waals surface area contributed by atoms with Crippen LogP contribution in [0.25, 0.3) is 0 Å². The van der Waals surface area contributed by atoms with E-state index in [0.717, 1.165) is 27.0 Å². The number of aromatic nitrogens is 2. The lowest BCUT2D eigenvalue weighted by atomic mass is 10.1. The molecule has 1 heterocycles. The fourth-order valence-electron chi connectivity index (χ4n) is 2.00. The highest BCUT2D eigenvalue weighted by Crippen LogP contribution is 2.21. The first-order valence-electron chi connectivity index (χ1n) is 5.92. The highest BCUT2D eigenvalue weighted by molar-refractivity contribution is 9.10. The number of halogens is 1. The van der Waals surface area contributed by atoms with E-state index in [0.29, 0.717) is 12.1 Å². The second-order valence-corrected chi connectivity index (χ2v) is 5.38. The summed E-state index contributed by atoms with van der Waals surface area (Å²) in [6, 6.07) is 5.17. The van der Waals surface area contributed by atoms with Gasteiger partial charge < -0.3 is 5.11 Å². The Balaban J connectivity index is 2.33. The third-order valence-electron chi connectivity index (χ3n) is 3.20. The van der Waals surface area contributed by atoms with E-state index >= 15 is 0 Å². The number of benzene rings is 1. The van der Waals surface area contributed by atoms with Gasteiger partial charge in [-0.1, -0.05) is 6.07 Å². The Kier molecular flexibility index (Phi) is 3.75. The number of hydrogen-bond donors (Lipinski definition) is 1. The molecule has 0 unspecified atom stereocenters. The molecule has 0 saturated carbocycles. The first-order valence-corrected chi connectivity index (χ1v) is 6.71. The van der Waals surface area contributed by atoms with Crippen molar-refractivity contribution in [1.82, 2.24) is 9.78 Å². The molecule has 0 aliphatic rings. The zero-order valence-electron chi connectivity index (χ0n) is 11.1. The molecular weight excluding hydrogens is 308 g/mol. The van der Waals surface area contributed by atoms with Crippen LogP contribution in [-0.2, 0) is 6.54 Å². The van der Waals surface area contributed by atoms with Crippen LogP contribution in [0, 0.1) is 20.8 Å². The number of carbonyl (C=O) groups is 1. The number of nitrogens with zero attached hydrogens (tertiary/aromatic N) is 2. The van der Waals surface area contributed by atoms with Crippen LogP contribution in [0.5, 0.6) is 0 Å². The average molecular weight is 323 g/mol. The van der Waals surface area contributed by atoms with E-state index in [1.807, 2.05) is 31.5 Å². The lowest BCUT2D eigenvalue weighted by Crippen LogP contribution is -2.06. The van der Waals surface area contributed by atoms with Gasteiger partial charge in [0.2, 0.25) is 0 Å². The molecule has 0 aliphatic carbocycles. The van der Waals surface area contributed by atoms with Crippen molar-refractivity contribution in [2.45, 2.75) is 27.3 Å². The van der Waals surface area contributed by atoms with Crippen LogP contribution >= 0.6 is 15.9 Å². The number of rotatable bonds is 3. The zero-order chi connectivity index (χ0) is 14.2. The summed E-state index contributed by atoms with van der Waals surface area (Å²) in [4.78, 5) is 10.9. The fraction of sp³-hybridized carbons (Fsp3) is 0.286. The monoisotopic (exact) mass is 322 g/mol. The van der Waals surface area contributed by atoms with E-state index in [-0.39, 0.29) is 0 Å². The summed E-state index contributed by atoms with van der Waals surface area (Å²) in [6.07, 6.45) is 0. The maximum Gasteiger partial charge on any atom is 0.335 e. The van der Waals surface area contributed by atoms with Crippen LogP contribution in [0.15, 0.2) is 22.7 Å². The van der Waals surface area contributed by atoms with E-state index in [2.05, 4.69) is 21.0 Å². The summed E-state index contributed by atoms with van der Waals surface area (Å²) in [5.41, 5.74) is 4.37. The second-order valence-electron chi connectivity index (χ2n) is 4.59. The van der Waals surface area contributed by atoms with Crippen LogP contribution < -0.4 is 0 Å². The number of carboxylic acids is 1. The second kappa shape index (κ2) is 5.17. The van der Waals surface area contributed by atoms with Gasteiger partial charge in [0.05, 0.1) is 28.0 Å². The lowest BCUT2D eigenvalue weighted by Gasteiger charge is -2.09. The SMILES string of the molecule is Cc1cc(C(=O)O)ccc1Cn1nc(C)c(Br)c1C. The molecule has 2 rings (SSSR count). The van der Waals surface area contributed by atoms with Gasteiger partial charge in [-0.2, -0.15) is 5.10 Å². The molecule has 2 aromatic rings. The van der Waals surface area contributed by atoms with E-state index in [1.54, 1.807) is 12.1 Å². The van der Waals surface area contributed by atoms with Crippen LogP contribution in [0.2, 0.25) is 0 Å². The molecule has 0 atom stereocenters. The molecule has 0 radical (unpaired) electrons. The Labute approximate surface area is 120 Å². The van der Waals surface area contributed by atoms with Crippen molar-refractivity contribution in [3.05, 3.63) is 50.8 Å². The minimum absolute atomic E-state index is 0.316. The highest BCUT2D eigenvalue weighted by Gasteiger charge is 2.11. The predicted octanol–water partition coefficient (Wildman–Crippen LogP) is 3.32. The molecule has 19 heavy (non-hydrogen) atoms. The van der Waals surface area contributed by atoms with E-state index in [4.69, 9.17) is 5.11 Å². The minimum atomic E-state index is -0.900. The highest BCUT2D eigenvalue weighted by atomic mass is 79.9. The van der Waals surface area contributed by atoms with Crippen LogP contribution in [0.3, 0.4) is 0 Å². The number of carboxylic acid groups (broad SMARTS) is 1. The van der Waals surface area contributed by atoms with Gasteiger partial charge >= 0.3 is 5.97 Å². The molecule has 1 N–H and O–H groups in total. The van der Waals surface area contributed by atoms with Crippen molar-refractivity contribution in [3.63, 3.8) is 0 Å². The molecular formula is C14H15BrN2O2. The van der Waals surface area contributed by atoms with E-state index in [1.165, 1.54) is 0 Å². The van der Waals surface area contributed by atoms with E-state index < -0.39 is 5.97 Å². The summed E-state index contributed by atoms with van der Waals surface area (Å²) < 4.78 is 2.94. The Morgan fingerprint density at radius 1 is 1.37 bits per heavy atom. The Morgan fingerprint density at radius 3 is 2.53 bits per heavy atom. The topological polar surface area (TPSA) is 55.1 Å². The van der Waals surface area contributed by atoms with Crippen molar-refractivity contribution in [3.8, 4) is 0 Å². The van der Waals surface area contributed by atoms with Gasteiger partial charge in [0.15, 0.2) is 0 Å². The van der Waals surface area contributed by atoms with E-state index in [9.17, 15) is 4.79 Å². The van der Waals surface area contributed by atoms with Crippen LogP contribution in [0.4, 0.5) is 0 Å². The fourth-order valence-corrected chi connectivity index (χ4v) is 2.28. The van der Waals surface area contributed by atoms with Gasteiger partial charge in [-0.15, -0.1) is 0 Å². The molecule has 5 heteroatoms. The van der Waals surface area contributed by atoms with Gasteiger partial charge in [-0.3, -0.25) is 4.68 Å². The van der Waals surface area contributed by atoms with Crippen LogP contribution in [0.1, 0.15) is 32.9 Å². The Morgan fingerprint density at radius 2 is 2.05 bits per heavy atom. The smallest absolute Gasteiger partial charge is 0.335 e. The van der Waals surface area contributed by atoms with Crippen molar-refractivity contribution in [2.24, 2.45) is 0 Å². The molecule has 0 saturated heterocycles. The van der Waals surface area contributed by atoms with Gasteiger partial charge in [0, 0.05) is 0 Å². The Bertz CT molecular complexity index is 647. The number of aromatic carboxylic acids is 1. The quantitative estimate of drug-likeness (QED) is 0.943. The Hall–Kier alpha value is -1.62. The third kappa shape index (κ3) is 2.71. The maximum absolute atomic E-state index is 10.9. The lowest BCUT2D eigenvalue weighted by molar-refractivity contribution is 0.0697. The van der Waals surface area contributed by atoms with Crippen LogP contribution in [-0.4, -0.2) is 20.9 Å². The molecule has 100 valence electrons. The first kappa shape index (κ1) is 13.8. The molecule has 1 aromatic heterocycles. The molecule has 0 fully saturated rings. The largest absolute Gasteiger partial charge is 0.478 e. The molecule has 0 amide bonds. The molecule has 4 nitrogen and oxygen atoms in total. The van der Waals surface area contributed by atoms with Crippen molar-refractivity contribution >= 4 is 21.9 Å². The van der Waals surface area contributed by atoms with Gasteiger partial charge in [-0.25, -0.2) is 4.79 Å². The van der Waals surface area contributed by atoms with Gasteiger partial charge in [0.1, 0.15) is 0 Å². The normalized spacial score (nSPS) is 10.7. The average Bonchev–Trinajstić information content (AvgIpc) is 2.59. The van der Waals surface area contributed by atoms with Gasteiger partial charge in [-0.05, 0) is 60.0 Å². The molecule has 0 aliphatic heterocycles. The summed E-state index contributed by atoms with van der Waals surface area (Å²) >= 11 is 3.50. The third-order valence-corrected chi connectivity index (χ3v) is 4.35. The zero-order valence-corrected chi connectivity index (χ0v) is 12.7.